The van der Waals surface area contributed by atoms with Crippen molar-refractivity contribution >= 4 is 27.7 Å². The van der Waals surface area contributed by atoms with Crippen LogP contribution in [-0.4, -0.2) is 17.7 Å². The summed E-state index contributed by atoms with van der Waals surface area (Å²) in [5, 5.41) is 0. The highest BCUT2D eigenvalue weighted by Gasteiger charge is 2.38. The quantitative estimate of drug-likeness (QED) is 0.598. The highest BCUT2D eigenvalue weighted by Crippen LogP contribution is 2.41. The van der Waals surface area contributed by atoms with E-state index in [1.165, 1.54) is 11.0 Å². The smallest absolute Gasteiger partial charge is 0.415 e. The van der Waals surface area contributed by atoms with Gasteiger partial charge in [0.2, 0.25) is 0 Å². The molecule has 1 atom stereocenters. The van der Waals surface area contributed by atoms with Gasteiger partial charge in [0, 0.05) is 6.04 Å². The molecule has 1 amide bonds. The number of carbonyl (C=O) groups excluding carboxylic acids is 1. The lowest BCUT2D eigenvalue weighted by Crippen LogP contribution is -2.49. The molecule has 0 radical (unpaired) electrons. The number of anilines is 1. The van der Waals surface area contributed by atoms with Crippen molar-refractivity contribution in [3.63, 3.8) is 0 Å². The molecule has 1 aliphatic rings. The summed E-state index contributed by atoms with van der Waals surface area (Å²) in [4.78, 5) is 14.2. The van der Waals surface area contributed by atoms with E-state index in [0.29, 0.717) is 24.1 Å². The van der Waals surface area contributed by atoms with E-state index < -0.39 is 23.3 Å². The molecule has 0 saturated heterocycles. The molecule has 1 aromatic rings. The van der Waals surface area contributed by atoms with Gasteiger partial charge in [0.05, 0.1) is 10.2 Å². The molecule has 1 heterocycles. The van der Waals surface area contributed by atoms with E-state index in [1.807, 2.05) is 13.8 Å². The van der Waals surface area contributed by atoms with E-state index in [-0.39, 0.29) is 16.4 Å². The highest BCUT2D eigenvalue weighted by molar-refractivity contribution is 9.10. The normalized spacial score (nSPS) is 18.1. The Morgan fingerprint density at radius 2 is 2.00 bits per heavy atom. The first-order valence-electron chi connectivity index (χ1n) is 7.71. The summed E-state index contributed by atoms with van der Waals surface area (Å²) in [7, 11) is 0. The topological polar surface area (TPSA) is 29.5 Å². The molecule has 0 aliphatic carbocycles. The fourth-order valence-electron chi connectivity index (χ4n) is 2.85. The summed E-state index contributed by atoms with van der Waals surface area (Å²) in [6, 6.07) is 1.04. The second kappa shape index (κ2) is 6.38. The molecular weight excluding hydrogens is 368 g/mol. The van der Waals surface area contributed by atoms with Crippen molar-refractivity contribution in [2.75, 3.05) is 4.90 Å². The number of aryl methyl sites for hydroxylation is 1. The largest absolute Gasteiger partial charge is 0.443 e. The van der Waals surface area contributed by atoms with Gasteiger partial charge in [0.25, 0.3) is 0 Å². The summed E-state index contributed by atoms with van der Waals surface area (Å²) in [5.74, 6) is -1.74. The Kier molecular flexibility index (Phi) is 5.04. The van der Waals surface area contributed by atoms with Crippen LogP contribution in [0.3, 0.4) is 0 Å². The summed E-state index contributed by atoms with van der Waals surface area (Å²) < 4.78 is 33.2. The lowest BCUT2D eigenvalue weighted by Gasteiger charge is -2.40. The number of nitrogens with zero attached hydrogens (tertiary/aromatic N) is 1. The molecule has 23 heavy (non-hydrogen) atoms. The van der Waals surface area contributed by atoms with Gasteiger partial charge in [-0.05, 0) is 67.1 Å². The Labute approximate surface area is 144 Å². The van der Waals surface area contributed by atoms with Crippen LogP contribution in [0.1, 0.15) is 46.6 Å². The van der Waals surface area contributed by atoms with Crippen LogP contribution in [0.2, 0.25) is 0 Å². The van der Waals surface area contributed by atoms with Crippen LogP contribution in [0.5, 0.6) is 0 Å². The van der Waals surface area contributed by atoms with Crippen LogP contribution in [0, 0.1) is 17.6 Å². The average Bonchev–Trinajstić information content (AvgIpc) is 2.41. The molecule has 0 N–H and O–H groups in total. The van der Waals surface area contributed by atoms with Crippen molar-refractivity contribution in [2.24, 2.45) is 5.92 Å². The molecule has 6 heteroatoms. The molecule has 0 fully saturated rings. The summed E-state index contributed by atoms with van der Waals surface area (Å²) in [6.45, 7) is 9.34. The van der Waals surface area contributed by atoms with E-state index in [1.54, 1.807) is 20.8 Å². The third-order valence-electron chi connectivity index (χ3n) is 3.86. The predicted molar refractivity (Wildman–Crippen MR) is 89.7 cm³/mol. The molecule has 3 nitrogen and oxygen atoms in total. The van der Waals surface area contributed by atoms with E-state index in [2.05, 4.69) is 15.9 Å². The predicted octanol–water partition coefficient (Wildman–Crippen LogP) is 5.44. The number of hydrogen-bond donors (Lipinski definition) is 0. The Morgan fingerprint density at radius 3 is 2.52 bits per heavy atom. The lowest BCUT2D eigenvalue weighted by atomic mass is 9.89. The molecule has 1 aliphatic heterocycles. The molecule has 0 spiro atoms. The van der Waals surface area contributed by atoms with Gasteiger partial charge in [-0.2, -0.15) is 0 Å². The zero-order valence-corrected chi connectivity index (χ0v) is 15.6. The molecule has 128 valence electrons. The van der Waals surface area contributed by atoms with Crippen molar-refractivity contribution in [2.45, 2.75) is 59.1 Å². The molecular formula is C17H22BrF2NO2. The monoisotopic (exact) mass is 389 g/mol. The fraction of sp³-hybridized carbons (Fsp3) is 0.588. The highest BCUT2D eigenvalue weighted by atomic mass is 79.9. The van der Waals surface area contributed by atoms with Gasteiger partial charge in [-0.15, -0.1) is 0 Å². The number of hydrogen-bond acceptors (Lipinski definition) is 2. The first-order valence-corrected chi connectivity index (χ1v) is 8.50. The van der Waals surface area contributed by atoms with Crippen molar-refractivity contribution in [1.82, 2.24) is 0 Å². The third-order valence-corrected chi connectivity index (χ3v) is 4.58. The number of halogens is 3. The number of carbonyl (C=O) groups is 1. The first kappa shape index (κ1) is 18.2. The van der Waals surface area contributed by atoms with Gasteiger partial charge < -0.3 is 4.74 Å². The second-order valence-electron chi connectivity index (χ2n) is 7.19. The standard InChI is InChI=1S/C17H22BrF2NO2/c1-9(2)12-7-6-10-8-11(19)14(20)13(18)15(10)21(12)16(22)23-17(3,4)5/h8-9,12H,6-7H2,1-5H3. The summed E-state index contributed by atoms with van der Waals surface area (Å²) in [6.07, 6.45) is 0.734. The molecule has 0 bridgehead atoms. The van der Waals surface area contributed by atoms with E-state index in [0.717, 1.165) is 0 Å². The average molecular weight is 390 g/mol. The van der Waals surface area contributed by atoms with Gasteiger partial charge >= 0.3 is 6.09 Å². The SMILES string of the molecule is CC(C)C1CCc2cc(F)c(F)c(Br)c2N1C(=O)OC(C)(C)C. The summed E-state index contributed by atoms with van der Waals surface area (Å²) in [5.41, 5.74) is 0.322. The molecule has 1 aromatic carbocycles. The van der Waals surface area contributed by atoms with Crippen LogP contribution in [0.4, 0.5) is 19.3 Å². The minimum absolute atomic E-state index is 0.0243. The van der Waals surface area contributed by atoms with Crippen molar-refractivity contribution in [1.29, 1.82) is 0 Å². The zero-order chi connectivity index (χ0) is 17.5. The van der Waals surface area contributed by atoms with E-state index >= 15 is 0 Å². The van der Waals surface area contributed by atoms with Gasteiger partial charge in [-0.25, -0.2) is 13.6 Å². The van der Waals surface area contributed by atoms with Crippen LogP contribution in [0.25, 0.3) is 0 Å². The molecule has 2 rings (SSSR count). The summed E-state index contributed by atoms with van der Waals surface area (Å²) >= 11 is 3.12. The first-order chi connectivity index (χ1) is 10.5. The van der Waals surface area contributed by atoms with Gasteiger partial charge in [-0.1, -0.05) is 13.8 Å². The zero-order valence-electron chi connectivity index (χ0n) is 14.0. The Morgan fingerprint density at radius 1 is 1.39 bits per heavy atom. The third kappa shape index (κ3) is 3.67. The van der Waals surface area contributed by atoms with Gasteiger partial charge in [-0.3, -0.25) is 4.90 Å². The Bertz CT molecular complexity index is 626. The molecule has 0 saturated carbocycles. The Balaban J connectivity index is 2.56. The minimum atomic E-state index is -0.985. The number of rotatable bonds is 1. The second-order valence-corrected chi connectivity index (χ2v) is 7.99. The minimum Gasteiger partial charge on any atom is -0.443 e. The maximum absolute atomic E-state index is 14.0. The van der Waals surface area contributed by atoms with Crippen LogP contribution in [0.15, 0.2) is 10.5 Å². The number of amides is 1. The van der Waals surface area contributed by atoms with Crippen LogP contribution in [-0.2, 0) is 11.2 Å². The Hall–Kier alpha value is -1.17. The molecule has 1 unspecified atom stereocenters. The van der Waals surface area contributed by atoms with Gasteiger partial charge in [0.15, 0.2) is 11.6 Å². The van der Waals surface area contributed by atoms with Crippen molar-refractivity contribution < 1.29 is 18.3 Å². The number of fused-ring (bicyclic) bond motifs is 1. The van der Waals surface area contributed by atoms with Crippen LogP contribution >= 0.6 is 15.9 Å². The van der Waals surface area contributed by atoms with E-state index in [4.69, 9.17) is 4.74 Å². The number of ether oxygens (including phenoxy) is 1. The van der Waals surface area contributed by atoms with Crippen molar-refractivity contribution in [3.05, 3.63) is 27.7 Å². The van der Waals surface area contributed by atoms with Crippen molar-refractivity contribution in [3.8, 4) is 0 Å². The number of benzene rings is 1. The van der Waals surface area contributed by atoms with Gasteiger partial charge in [0.1, 0.15) is 5.60 Å². The fourth-order valence-corrected chi connectivity index (χ4v) is 3.49. The maximum Gasteiger partial charge on any atom is 0.415 e. The molecule has 0 aromatic heterocycles. The maximum atomic E-state index is 14.0. The van der Waals surface area contributed by atoms with Crippen LogP contribution < -0.4 is 4.90 Å². The lowest BCUT2D eigenvalue weighted by molar-refractivity contribution is 0.0550. The van der Waals surface area contributed by atoms with E-state index in [9.17, 15) is 13.6 Å².